The quantitative estimate of drug-likeness (QED) is 0.732. The molecular formula is C20H31N7O. The molecule has 2 unspecified atom stereocenters. The predicted octanol–water partition coefficient (Wildman–Crippen LogP) is 3.52. The van der Waals surface area contributed by atoms with Crippen LogP contribution >= 0.6 is 0 Å². The standard InChI is InChI=1S/C20H31N7O/c1-13(2)23-19(28)24-15-8-7-14(11-15)16-12-17(26-27(16)20(3,4)5)25-18-21-9-6-10-22-18/h6,9-10,12-15H,7-8,11H2,1-5H3,(H2,23,24,28)(H,21,22,25,26). The SMILES string of the molecule is CC(C)NC(=O)NC1CCC(c2cc(Nc3ncccn3)nn2C(C)(C)C)C1. The van der Waals surface area contributed by atoms with E-state index in [0.717, 1.165) is 25.1 Å². The minimum absolute atomic E-state index is 0.0893. The molecule has 1 aliphatic carbocycles. The number of anilines is 2. The Morgan fingerprint density at radius 2 is 1.93 bits per heavy atom. The van der Waals surface area contributed by atoms with Gasteiger partial charge in [-0.15, -0.1) is 0 Å². The van der Waals surface area contributed by atoms with Crippen LogP contribution in [0.3, 0.4) is 0 Å². The molecule has 8 heteroatoms. The van der Waals surface area contributed by atoms with Crippen LogP contribution in [-0.4, -0.2) is 37.9 Å². The third-order valence-corrected chi connectivity index (χ3v) is 4.78. The lowest BCUT2D eigenvalue weighted by Gasteiger charge is -2.25. The summed E-state index contributed by atoms with van der Waals surface area (Å²) in [5.74, 6) is 1.62. The Kier molecular flexibility index (Phi) is 5.86. The summed E-state index contributed by atoms with van der Waals surface area (Å²) >= 11 is 0. The Morgan fingerprint density at radius 3 is 2.57 bits per heavy atom. The van der Waals surface area contributed by atoms with Crippen molar-refractivity contribution >= 4 is 17.8 Å². The van der Waals surface area contributed by atoms with Gasteiger partial charge in [0.05, 0.1) is 5.54 Å². The highest BCUT2D eigenvalue weighted by atomic mass is 16.2. The number of amides is 2. The van der Waals surface area contributed by atoms with Gasteiger partial charge in [0.1, 0.15) is 0 Å². The number of aromatic nitrogens is 4. The molecule has 2 heterocycles. The second-order valence-electron chi connectivity index (χ2n) is 8.71. The first-order valence-corrected chi connectivity index (χ1v) is 9.94. The zero-order valence-electron chi connectivity index (χ0n) is 17.4. The number of carbonyl (C=O) groups is 1. The van der Waals surface area contributed by atoms with Gasteiger partial charge in [-0.25, -0.2) is 14.8 Å². The van der Waals surface area contributed by atoms with Gasteiger partial charge in [-0.05, 0) is 59.9 Å². The minimum atomic E-state index is -0.145. The smallest absolute Gasteiger partial charge is 0.315 e. The summed E-state index contributed by atoms with van der Waals surface area (Å²) in [5.41, 5.74) is 1.03. The lowest BCUT2D eigenvalue weighted by atomic mass is 10.0. The molecular weight excluding hydrogens is 354 g/mol. The number of urea groups is 1. The van der Waals surface area contributed by atoms with E-state index in [1.165, 1.54) is 5.69 Å². The normalized spacial score (nSPS) is 19.6. The van der Waals surface area contributed by atoms with Crippen molar-refractivity contribution in [3.8, 4) is 0 Å². The maximum Gasteiger partial charge on any atom is 0.315 e. The monoisotopic (exact) mass is 385 g/mol. The van der Waals surface area contributed by atoms with Crippen molar-refractivity contribution in [1.29, 1.82) is 0 Å². The van der Waals surface area contributed by atoms with E-state index in [2.05, 4.69) is 57.4 Å². The molecule has 0 spiro atoms. The van der Waals surface area contributed by atoms with Crippen LogP contribution in [0.2, 0.25) is 0 Å². The van der Waals surface area contributed by atoms with Gasteiger partial charge >= 0.3 is 6.03 Å². The van der Waals surface area contributed by atoms with Crippen molar-refractivity contribution in [1.82, 2.24) is 30.4 Å². The summed E-state index contributed by atoms with van der Waals surface area (Å²) in [5, 5.41) is 14.0. The highest BCUT2D eigenvalue weighted by Crippen LogP contribution is 2.37. The van der Waals surface area contributed by atoms with Crippen molar-refractivity contribution < 1.29 is 4.79 Å². The first-order valence-electron chi connectivity index (χ1n) is 9.94. The summed E-state index contributed by atoms with van der Waals surface area (Å²) in [6, 6.07) is 4.09. The number of nitrogens with one attached hydrogen (secondary N) is 3. The fraction of sp³-hybridized carbons (Fsp3) is 0.600. The molecule has 1 fully saturated rings. The Morgan fingerprint density at radius 1 is 1.21 bits per heavy atom. The van der Waals surface area contributed by atoms with Gasteiger partial charge in [0, 0.05) is 42.2 Å². The summed E-state index contributed by atoms with van der Waals surface area (Å²) in [4.78, 5) is 20.5. The highest BCUT2D eigenvalue weighted by molar-refractivity contribution is 5.74. The summed E-state index contributed by atoms with van der Waals surface area (Å²) in [6.45, 7) is 10.4. The van der Waals surface area contributed by atoms with Crippen LogP contribution in [0.1, 0.15) is 65.5 Å². The van der Waals surface area contributed by atoms with Crippen LogP contribution in [0.15, 0.2) is 24.5 Å². The molecule has 28 heavy (non-hydrogen) atoms. The molecule has 1 saturated carbocycles. The highest BCUT2D eigenvalue weighted by Gasteiger charge is 2.32. The van der Waals surface area contributed by atoms with E-state index in [9.17, 15) is 4.79 Å². The third kappa shape index (κ3) is 4.99. The molecule has 0 aliphatic heterocycles. The van der Waals surface area contributed by atoms with E-state index in [1.807, 2.05) is 13.8 Å². The lowest BCUT2D eigenvalue weighted by molar-refractivity contribution is 0.234. The van der Waals surface area contributed by atoms with E-state index in [-0.39, 0.29) is 23.7 Å². The topological polar surface area (TPSA) is 96.8 Å². The maximum atomic E-state index is 12.0. The number of rotatable bonds is 5. The van der Waals surface area contributed by atoms with Crippen LogP contribution in [0.25, 0.3) is 0 Å². The van der Waals surface area contributed by atoms with Gasteiger partial charge in [0.25, 0.3) is 0 Å². The molecule has 2 aromatic rings. The van der Waals surface area contributed by atoms with Crippen molar-refractivity contribution in [3.05, 3.63) is 30.2 Å². The number of hydrogen-bond donors (Lipinski definition) is 3. The molecule has 0 saturated heterocycles. The molecule has 0 aromatic carbocycles. The summed E-state index contributed by atoms with van der Waals surface area (Å²) < 4.78 is 2.08. The van der Waals surface area contributed by atoms with Crippen molar-refractivity contribution in [2.75, 3.05) is 5.32 Å². The van der Waals surface area contributed by atoms with E-state index >= 15 is 0 Å². The molecule has 2 aromatic heterocycles. The number of nitrogens with zero attached hydrogens (tertiary/aromatic N) is 4. The molecule has 8 nitrogen and oxygen atoms in total. The van der Waals surface area contributed by atoms with E-state index < -0.39 is 0 Å². The van der Waals surface area contributed by atoms with Gasteiger partial charge in [0.2, 0.25) is 5.95 Å². The largest absolute Gasteiger partial charge is 0.336 e. The molecule has 2 amide bonds. The van der Waals surface area contributed by atoms with Gasteiger partial charge < -0.3 is 16.0 Å². The van der Waals surface area contributed by atoms with Gasteiger partial charge in [-0.1, -0.05) is 0 Å². The van der Waals surface area contributed by atoms with E-state index in [1.54, 1.807) is 18.5 Å². The van der Waals surface area contributed by atoms with Crippen molar-refractivity contribution in [2.24, 2.45) is 0 Å². The molecule has 1 aliphatic rings. The molecule has 2 atom stereocenters. The van der Waals surface area contributed by atoms with Crippen LogP contribution < -0.4 is 16.0 Å². The average molecular weight is 386 g/mol. The second-order valence-corrected chi connectivity index (χ2v) is 8.71. The number of hydrogen-bond acceptors (Lipinski definition) is 5. The Bertz CT molecular complexity index is 795. The van der Waals surface area contributed by atoms with Crippen LogP contribution in [0, 0.1) is 0 Å². The Balaban J connectivity index is 1.74. The molecule has 3 N–H and O–H groups in total. The average Bonchev–Trinajstić information content (AvgIpc) is 3.21. The van der Waals surface area contributed by atoms with Crippen LogP contribution in [0.4, 0.5) is 16.6 Å². The van der Waals surface area contributed by atoms with Crippen molar-refractivity contribution in [2.45, 2.75) is 77.4 Å². The first kappa shape index (κ1) is 20.1. The van der Waals surface area contributed by atoms with Crippen molar-refractivity contribution in [3.63, 3.8) is 0 Å². The minimum Gasteiger partial charge on any atom is -0.336 e. The predicted molar refractivity (Wildman–Crippen MR) is 110 cm³/mol. The molecule has 3 rings (SSSR count). The second kappa shape index (κ2) is 8.16. The van der Waals surface area contributed by atoms with Gasteiger partial charge in [-0.3, -0.25) is 4.68 Å². The molecule has 0 bridgehead atoms. The fourth-order valence-corrected chi connectivity index (χ4v) is 3.63. The van der Waals surface area contributed by atoms with Crippen LogP contribution in [-0.2, 0) is 5.54 Å². The molecule has 0 radical (unpaired) electrons. The zero-order valence-corrected chi connectivity index (χ0v) is 17.4. The van der Waals surface area contributed by atoms with Gasteiger partial charge in [0.15, 0.2) is 5.82 Å². The molecule has 152 valence electrons. The Hall–Kier alpha value is -2.64. The van der Waals surface area contributed by atoms with Crippen LogP contribution in [0.5, 0.6) is 0 Å². The first-order chi connectivity index (χ1) is 13.2. The number of carbonyl (C=O) groups excluding carboxylic acids is 1. The zero-order chi connectivity index (χ0) is 20.3. The van der Waals surface area contributed by atoms with E-state index in [0.29, 0.717) is 11.9 Å². The van der Waals surface area contributed by atoms with Gasteiger partial charge in [-0.2, -0.15) is 5.10 Å². The summed E-state index contributed by atoms with van der Waals surface area (Å²) in [7, 11) is 0. The van der Waals surface area contributed by atoms with E-state index in [4.69, 9.17) is 5.10 Å². The summed E-state index contributed by atoms with van der Waals surface area (Å²) in [6.07, 6.45) is 6.30. The lowest BCUT2D eigenvalue weighted by Crippen LogP contribution is -2.43. The third-order valence-electron chi connectivity index (χ3n) is 4.78. The Labute approximate surface area is 166 Å². The maximum absolute atomic E-state index is 12.0. The fourth-order valence-electron chi connectivity index (χ4n) is 3.63.